The molecule has 1 heterocycles. The van der Waals surface area contributed by atoms with Gasteiger partial charge in [-0.1, -0.05) is 69.2 Å². The van der Waals surface area contributed by atoms with Gasteiger partial charge in [-0.3, -0.25) is 4.72 Å². The first-order valence-corrected chi connectivity index (χ1v) is 15.5. The number of fused-ring (bicyclic) bond motifs is 1. The van der Waals surface area contributed by atoms with Crippen LogP contribution in [0.5, 0.6) is 0 Å². The minimum Gasteiger partial charge on any atom is -0.458 e. The van der Waals surface area contributed by atoms with Crippen LogP contribution in [0.3, 0.4) is 0 Å². The van der Waals surface area contributed by atoms with Crippen LogP contribution >= 0.6 is 0 Å². The molecule has 4 aromatic rings. The number of sulfonamides is 1. The Bertz CT molecular complexity index is 1650. The molecule has 0 radical (unpaired) electrons. The van der Waals surface area contributed by atoms with Crippen molar-refractivity contribution in [3.05, 3.63) is 83.9 Å². The Morgan fingerprint density at radius 2 is 1.54 bits per heavy atom. The molecular formula is C32H36N4O4S. The molecule has 214 valence electrons. The van der Waals surface area contributed by atoms with E-state index in [0.717, 1.165) is 24.8 Å². The molecule has 1 aromatic heterocycles. The number of ether oxygens (including phenoxy) is 1. The first-order valence-electron chi connectivity index (χ1n) is 14.0. The Hall–Kier alpha value is -3.98. The number of rotatable bonds is 8. The molecule has 0 bridgehead atoms. The number of para-hydroxylation sites is 3. The number of benzene rings is 3. The summed E-state index contributed by atoms with van der Waals surface area (Å²) in [6, 6.07) is 20.8. The molecule has 1 aliphatic rings. The molecule has 9 heteroatoms. The molecule has 41 heavy (non-hydrogen) atoms. The number of hydrogen-bond acceptors (Lipinski definition) is 7. The quantitative estimate of drug-likeness (QED) is 0.217. The number of esters is 1. The summed E-state index contributed by atoms with van der Waals surface area (Å²) < 4.78 is 35.3. The Balaban J connectivity index is 1.48. The largest absolute Gasteiger partial charge is 0.458 e. The third-order valence-electron chi connectivity index (χ3n) is 7.75. The SMILES string of the molecule is Cc1ccc(S(=O)(=O)Nc2nc3ccccc3nc2Nc2ccccc2C(=O)O[C@@H]2C[C@@H](C)CC[C@H]2C(C)C)cc1. The molecule has 1 fully saturated rings. The van der Waals surface area contributed by atoms with Crippen molar-refractivity contribution in [2.24, 2.45) is 17.8 Å². The van der Waals surface area contributed by atoms with Crippen LogP contribution < -0.4 is 10.0 Å². The predicted molar refractivity (Wildman–Crippen MR) is 162 cm³/mol. The van der Waals surface area contributed by atoms with Gasteiger partial charge in [-0.2, -0.15) is 0 Å². The molecule has 0 unspecified atom stereocenters. The maximum absolute atomic E-state index is 13.5. The second-order valence-electron chi connectivity index (χ2n) is 11.3. The Labute approximate surface area is 241 Å². The van der Waals surface area contributed by atoms with Crippen LogP contribution in [-0.2, 0) is 14.8 Å². The molecule has 3 atom stereocenters. The Kier molecular flexibility index (Phi) is 8.26. The van der Waals surface area contributed by atoms with Gasteiger partial charge in [0.2, 0.25) is 0 Å². The fourth-order valence-corrected chi connectivity index (χ4v) is 6.42. The van der Waals surface area contributed by atoms with Gasteiger partial charge in [0.1, 0.15) is 6.10 Å². The monoisotopic (exact) mass is 572 g/mol. The molecule has 8 nitrogen and oxygen atoms in total. The highest BCUT2D eigenvalue weighted by Gasteiger charge is 2.34. The van der Waals surface area contributed by atoms with Crippen LogP contribution in [0, 0.1) is 24.7 Å². The van der Waals surface area contributed by atoms with Crippen molar-refractivity contribution in [2.75, 3.05) is 10.0 Å². The number of carbonyl (C=O) groups is 1. The lowest BCUT2D eigenvalue weighted by Gasteiger charge is -2.36. The molecule has 2 N–H and O–H groups in total. The zero-order valence-corrected chi connectivity index (χ0v) is 24.6. The topological polar surface area (TPSA) is 110 Å². The third-order valence-corrected chi connectivity index (χ3v) is 9.11. The van der Waals surface area contributed by atoms with Crippen LogP contribution in [0.1, 0.15) is 56.0 Å². The lowest BCUT2D eigenvalue weighted by Crippen LogP contribution is -2.36. The number of carbonyl (C=O) groups excluding carboxylic acids is 1. The van der Waals surface area contributed by atoms with E-state index < -0.39 is 16.0 Å². The fraction of sp³-hybridized carbons (Fsp3) is 0.344. The summed E-state index contributed by atoms with van der Waals surface area (Å²) in [5.41, 5.74) is 2.84. The molecule has 1 aliphatic carbocycles. The van der Waals surface area contributed by atoms with Crippen molar-refractivity contribution in [2.45, 2.75) is 58.0 Å². The molecule has 0 saturated heterocycles. The summed E-state index contributed by atoms with van der Waals surface area (Å²) in [5, 5.41) is 3.18. The van der Waals surface area contributed by atoms with E-state index in [1.165, 1.54) is 0 Å². The van der Waals surface area contributed by atoms with E-state index in [9.17, 15) is 13.2 Å². The van der Waals surface area contributed by atoms with E-state index in [0.29, 0.717) is 40.0 Å². The van der Waals surface area contributed by atoms with Gasteiger partial charge in [0.15, 0.2) is 11.6 Å². The maximum Gasteiger partial charge on any atom is 0.340 e. The van der Waals surface area contributed by atoms with E-state index in [2.05, 4.69) is 40.8 Å². The Morgan fingerprint density at radius 1 is 0.902 bits per heavy atom. The fourth-order valence-electron chi connectivity index (χ4n) is 5.41. The van der Waals surface area contributed by atoms with Gasteiger partial charge >= 0.3 is 5.97 Å². The number of nitrogens with zero attached hydrogens (tertiary/aromatic N) is 2. The van der Waals surface area contributed by atoms with Crippen LogP contribution in [0.2, 0.25) is 0 Å². The molecular weight excluding hydrogens is 536 g/mol. The van der Waals surface area contributed by atoms with Gasteiger partial charge in [-0.25, -0.2) is 23.2 Å². The number of aromatic nitrogens is 2. The van der Waals surface area contributed by atoms with E-state index in [1.54, 1.807) is 60.7 Å². The van der Waals surface area contributed by atoms with E-state index in [4.69, 9.17) is 4.74 Å². The minimum absolute atomic E-state index is 0.0217. The summed E-state index contributed by atoms with van der Waals surface area (Å²) in [6.07, 6.45) is 2.85. The molecule has 0 spiro atoms. The molecule has 3 aromatic carbocycles. The zero-order valence-electron chi connectivity index (χ0n) is 23.8. The summed E-state index contributed by atoms with van der Waals surface area (Å²) in [4.78, 5) is 22.9. The van der Waals surface area contributed by atoms with Crippen molar-refractivity contribution in [3.63, 3.8) is 0 Å². The van der Waals surface area contributed by atoms with E-state index in [1.807, 2.05) is 19.1 Å². The van der Waals surface area contributed by atoms with Gasteiger partial charge in [0.25, 0.3) is 10.0 Å². The number of anilines is 3. The molecule has 0 aliphatic heterocycles. The number of hydrogen-bond donors (Lipinski definition) is 2. The van der Waals surface area contributed by atoms with Gasteiger partial charge in [-0.15, -0.1) is 0 Å². The smallest absolute Gasteiger partial charge is 0.340 e. The number of nitrogens with one attached hydrogen (secondary N) is 2. The van der Waals surface area contributed by atoms with Crippen molar-refractivity contribution in [3.8, 4) is 0 Å². The highest BCUT2D eigenvalue weighted by atomic mass is 32.2. The second-order valence-corrected chi connectivity index (χ2v) is 13.0. The predicted octanol–water partition coefficient (Wildman–Crippen LogP) is 7.10. The van der Waals surface area contributed by atoms with Crippen molar-refractivity contribution >= 4 is 44.3 Å². The highest BCUT2D eigenvalue weighted by molar-refractivity contribution is 7.92. The normalized spacial score (nSPS) is 19.2. The van der Waals surface area contributed by atoms with Crippen molar-refractivity contribution in [1.82, 2.24) is 9.97 Å². The minimum atomic E-state index is -3.96. The second kappa shape index (κ2) is 11.9. The summed E-state index contributed by atoms with van der Waals surface area (Å²) >= 11 is 0. The third kappa shape index (κ3) is 6.51. The lowest BCUT2D eigenvalue weighted by molar-refractivity contribution is -0.0173. The zero-order chi connectivity index (χ0) is 29.1. The summed E-state index contributed by atoms with van der Waals surface area (Å²) in [7, 11) is -3.96. The summed E-state index contributed by atoms with van der Waals surface area (Å²) in [5.74, 6) is 0.982. The van der Waals surface area contributed by atoms with Crippen LogP contribution in [0.15, 0.2) is 77.7 Å². The molecule has 0 amide bonds. The standard InChI is InChI=1S/C32H36N4O4S/c1-20(2)24-18-15-22(4)19-29(24)40-32(37)25-9-5-6-10-26(25)33-30-31(35-28-12-8-7-11-27(28)34-30)36-41(38,39)23-16-13-21(3)14-17-23/h5-14,16-17,20,22,24,29H,15,18-19H2,1-4H3,(H,33,34)(H,35,36)/t22-,24-,29+/m0/s1. The first-order chi connectivity index (χ1) is 19.6. The van der Waals surface area contributed by atoms with Crippen LogP contribution in [0.25, 0.3) is 11.0 Å². The Morgan fingerprint density at radius 3 is 2.22 bits per heavy atom. The first kappa shape index (κ1) is 28.5. The van der Waals surface area contributed by atoms with Gasteiger partial charge < -0.3 is 10.1 Å². The van der Waals surface area contributed by atoms with Crippen LogP contribution in [0.4, 0.5) is 17.3 Å². The van der Waals surface area contributed by atoms with E-state index >= 15 is 0 Å². The average molecular weight is 573 g/mol. The maximum atomic E-state index is 13.5. The molecule has 1 saturated carbocycles. The van der Waals surface area contributed by atoms with Crippen LogP contribution in [-0.4, -0.2) is 30.5 Å². The average Bonchev–Trinajstić information content (AvgIpc) is 2.93. The van der Waals surface area contributed by atoms with Gasteiger partial charge in [-0.05, 0) is 73.9 Å². The van der Waals surface area contributed by atoms with Crippen molar-refractivity contribution < 1.29 is 17.9 Å². The van der Waals surface area contributed by atoms with Gasteiger partial charge in [0.05, 0.1) is 27.2 Å². The van der Waals surface area contributed by atoms with Gasteiger partial charge in [0, 0.05) is 0 Å². The summed E-state index contributed by atoms with van der Waals surface area (Å²) in [6.45, 7) is 8.44. The van der Waals surface area contributed by atoms with Crippen molar-refractivity contribution in [1.29, 1.82) is 0 Å². The molecule has 5 rings (SSSR count). The lowest BCUT2D eigenvalue weighted by atomic mass is 9.75. The van der Waals surface area contributed by atoms with E-state index in [-0.39, 0.29) is 22.6 Å². The highest BCUT2D eigenvalue weighted by Crippen LogP contribution is 2.36. The number of aryl methyl sites for hydroxylation is 1.